The maximum Gasteiger partial charge on any atom is 0.407 e. The summed E-state index contributed by atoms with van der Waals surface area (Å²) >= 11 is 0. The van der Waals surface area contributed by atoms with Crippen LogP contribution in [0.4, 0.5) is 56.4 Å². The smallest absolute Gasteiger partial charge is 0.407 e. The van der Waals surface area contributed by atoms with Crippen molar-refractivity contribution in [2.24, 2.45) is 26.8 Å². The fourth-order valence-corrected chi connectivity index (χ4v) is 15.9. The number of piperidine rings is 2. The first-order chi connectivity index (χ1) is 59.8. The summed E-state index contributed by atoms with van der Waals surface area (Å²) in [6.45, 7) is 42.7. The van der Waals surface area contributed by atoms with Crippen molar-refractivity contribution in [3.63, 3.8) is 0 Å². The van der Waals surface area contributed by atoms with Crippen molar-refractivity contribution < 1.29 is 48.5 Å². The minimum absolute atomic E-state index is 0.0205. The maximum atomic E-state index is 13.1. The first kappa shape index (κ1) is 90.4. The summed E-state index contributed by atoms with van der Waals surface area (Å²) in [4.78, 5) is 176. The van der Waals surface area contributed by atoms with Crippen molar-refractivity contribution in [3.8, 4) is 11.5 Å². The number of hydrogen-bond donors (Lipinski definition) is 9. The molecule has 0 saturated carbocycles. The average Bonchev–Trinajstić information content (AvgIpc) is 0.993. The molecule has 3 fully saturated rings. The van der Waals surface area contributed by atoms with Gasteiger partial charge in [0.25, 0.3) is 27.8 Å². The summed E-state index contributed by atoms with van der Waals surface area (Å²) in [5, 5.41) is 37.8. The molecule has 9 N–H and O–H groups in total. The van der Waals surface area contributed by atoms with Gasteiger partial charge in [0.05, 0.1) is 63.7 Å². The third kappa shape index (κ3) is 20.9. The van der Waals surface area contributed by atoms with Crippen molar-refractivity contribution in [2.45, 2.75) is 153 Å². The summed E-state index contributed by atoms with van der Waals surface area (Å²) in [5.74, 6) is -0.0608. The van der Waals surface area contributed by atoms with Crippen LogP contribution in [0, 0.1) is 67.2 Å². The number of nitrogens with one attached hydrogen (secondary N) is 6. The molecular formula is C88H106N22O16. The SMILES string of the molecule is C=c1nc2c(c(=O)[nH]1)=Nc1cc(C)c(C)cc1N2CCN1CCC(CNC(=O)OC(C)(C)C)CC1.C=c1nc2c(c(=O)[nH]1)=Nc1cc(C)c(C)cc1N2CCN1C[C@H](O)C[C@@H]1C(=O)O.C=c1nc2c(c(=O)[nH]1)=Nc1cc(C)c(C)cc1N2CCNCc1cc(=O)[nH]o1.CC(=O)OCn1c(=O)nc2n(CCN3CCC(C(=O)O)CC3)c3cc(C)c(C)cc3nc-2c1=O. The fourth-order valence-electron chi connectivity index (χ4n) is 15.9. The van der Waals surface area contributed by atoms with Gasteiger partial charge in [0, 0.05) is 84.9 Å². The topological polar surface area (TPSA) is 481 Å². The Labute approximate surface area is 721 Å². The van der Waals surface area contributed by atoms with Crippen molar-refractivity contribution >= 4 is 106 Å². The summed E-state index contributed by atoms with van der Waals surface area (Å²) in [6, 6.07) is 16.6. The van der Waals surface area contributed by atoms with Crippen LogP contribution in [0.1, 0.15) is 110 Å². The number of fused-ring (bicyclic) bond motifs is 8. The zero-order valence-corrected chi connectivity index (χ0v) is 72.8. The van der Waals surface area contributed by atoms with E-state index in [0.717, 1.165) is 110 Å². The van der Waals surface area contributed by atoms with E-state index in [9.17, 15) is 63.3 Å². The standard InChI is InChI=1S/C26H36N6O3.C23H27N5O6.C20H23N5O4.C19H20N6O3/c1-16-13-20-21(14-17(16)2)32(23-22(30-20)24(33)29-18(3)28-23)12-11-31-9-7-19(8-10-31)15-27-25(34)35-26(4,5)6;1-13-10-17-18(11-14(13)2)27(9-8-26-6-4-16(5-7-26)22(31)32)20-19(24-17)21(30)28(23(33)25-20)12-34-15(3)29;1-10-6-14-15(7-11(10)2)25(18-17(23-14)19(27)22-12(3)21-18)5-4-24-9-13(26)8-16(24)20(28)29;1-10-6-14-15(7-11(10)2)25(5-4-20-9-13-8-16(26)24-28-13)18-17(23-14)19(27)22-12(3)21-18/h13-14,19H,3,7-12,15H2,1-2,4-6H3,(H,27,34)(H,29,33);10-11,16H,4-9,12H2,1-3H3,(H,31,32);6-7,13,16,26H,3-5,8-9H2,1-2H3,(H,22,27)(H,28,29);6-8,20H,3-5,9H2,1-2H3,(H,22,27)(H,24,26)/t;;13-,16-;/m..1./s1. The molecule has 38 nitrogen and oxygen atoms in total. The Kier molecular flexibility index (Phi) is 27.3. The van der Waals surface area contributed by atoms with Crippen molar-refractivity contribution in [2.75, 3.05) is 99.8 Å². The van der Waals surface area contributed by atoms with E-state index < -0.39 is 53.6 Å². The molecule has 4 aromatic carbocycles. The normalized spacial score (nSPS) is 16.2. The van der Waals surface area contributed by atoms with E-state index in [4.69, 9.17) is 14.0 Å². The Morgan fingerprint density at radius 2 is 1.03 bits per heavy atom. The van der Waals surface area contributed by atoms with Gasteiger partial charge in [-0.15, -0.1) is 0 Å². The number of aryl methyl sites for hydroxylation is 8. The molecule has 8 aliphatic rings. The van der Waals surface area contributed by atoms with Gasteiger partial charge in [-0.2, -0.15) is 10.1 Å². The van der Waals surface area contributed by atoms with Crippen LogP contribution in [0.5, 0.6) is 0 Å². The van der Waals surface area contributed by atoms with Crippen LogP contribution in [-0.2, 0) is 43.7 Å². The lowest BCUT2D eigenvalue weighted by atomic mass is 9.97. The number of nitrogens with zero attached hydrogens (tertiary/aromatic N) is 16. The zero-order chi connectivity index (χ0) is 90.6. The number of aromatic nitrogens is 11. The average molecular weight is 1730 g/mol. The number of carboxylic acids is 2. The molecule has 1 amide bonds. The molecule has 0 bridgehead atoms. The molecule has 0 radical (unpaired) electrons. The number of aromatic amines is 4. The van der Waals surface area contributed by atoms with Gasteiger partial charge in [0.1, 0.15) is 28.1 Å². The number of likely N-dealkylation sites (tertiary alicyclic amines) is 3. The second-order valence-electron chi connectivity index (χ2n) is 33.6. The number of anilines is 6. The molecule has 16 rings (SSSR count). The van der Waals surface area contributed by atoms with Gasteiger partial charge in [-0.05, 0) is 227 Å². The van der Waals surface area contributed by atoms with Crippen LogP contribution in [0.2, 0.25) is 0 Å². The van der Waals surface area contributed by atoms with Crippen LogP contribution < -0.4 is 91.3 Å². The van der Waals surface area contributed by atoms with E-state index in [-0.39, 0.29) is 68.4 Å². The number of hydrogen-bond acceptors (Lipinski definition) is 29. The van der Waals surface area contributed by atoms with Crippen molar-refractivity contribution in [3.05, 3.63) is 200 Å². The molecule has 0 unspecified atom stereocenters. The number of aliphatic hydroxyl groups excluding tert-OH is 1. The summed E-state index contributed by atoms with van der Waals surface area (Å²) in [7, 11) is 0. The predicted octanol–water partition coefficient (Wildman–Crippen LogP) is 3.42. The largest absolute Gasteiger partial charge is 0.481 e. The van der Waals surface area contributed by atoms with Crippen LogP contribution in [0.25, 0.3) is 42.3 Å². The number of β-amino-alcohol motifs (C(OH)–C–C–N with tert-alkyl or cyclic N) is 1. The Bertz CT molecular complexity index is 6630. The Hall–Kier alpha value is -13.3. The summed E-state index contributed by atoms with van der Waals surface area (Å²) < 4.78 is 17.8. The highest BCUT2D eigenvalue weighted by Gasteiger charge is 2.38. The van der Waals surface area contributed by atoms with E-state index in [1.165, 1.54) is 18.6 Å². The number of esters is 1. The first-order valence-corrected chi connectivity index (χ1v) is 41.8. The van der Waals surface area contributed by atoms with Gasteiger partial charge in [0.15, 0.2) is 57.5 Å². The Balaban J connectivity index is 0.000000145. The number of aliphatic hydroxyl groups is 1. The van der Waals surface area contributed by atoms with Crippen LogP contribution in [0.15, 0.2) is 103 Å². The maximum absolute atomic E-state index is 13.1. The molecule has 8 aromatic rings. The Morgan fingerprint density at radius 3 is 1.51 bits per heavy atom. The van der Waals surface area contributed by atoms with Gasteiger partial charge in [0.2, 0.25) is 0 Å². The molecule has 38 heteroatoms. The highest BCUT2D eigenvalue weighted by molar-refractivity contribution is 5.83. The second-order valence-corrected chi connectivity index (χ2v) is 33.6. The number of aliphatic carboxylic acids is 2. The lowest BCUT2D eigenvalue weighted by Crippen LogP contribution is -2.45. The molecule has 0 aliphatic carbocycles. The molecule has 664 valence electrons. The third-order valence-corrected chi connectivity index (χ3v) is 23.3. The van der Waals surface area contributed by atoms with Crippen LogP contribution >= 0.6 is 0 Å². The van der Waals surface area contributed by atoms with Crippen molar-refractivity contribution in [1.29, 1.82) is 0 Å². The number of carbonyl (C=O) groups is 4. The highest BCUT2D eigenvalue weighted by Crippen LogP contribution is 2.40. The number of amides is 1. The van der Waals surface area contributed by atoms with Crippen LogP contribution in [-0.4, -0.2) is 211 Å². The molecule has 126 heavy (non-hydrogen) atoms. The van der Waals surface area contributed by atoms with E-state index in [1.54, 1.807) is 4.90 Å². The Morgan fingerprint density at radius 1 is 0.563 bits per heavy atom. The second kappa shape index (κ2) is 38.0. The lowest BCUT2D eigenvalue weighted by Gasteiger charge is -2.35. The van der Waals surface area contributed by atoms with Crippen LogP contribution in [0.3, 0.4) is 0 Å². The molecule has 12 heterocycles. The number of H-pyrrole nitrogens is 4. The minimum Gasteiger partial charge on any atom is -0.481 e. The molecule has 4 aromatic heterocycles. The number of rotatable bonds is 20. The van der Waals surface area contributed by atoms with E-state index in [2.05, 4.69) is 118 Å². The van der Waals surface area contributed by atoms with Gasteiger partial charge < -0.3 is 84.0 Å². The molecular weight excluding hydrogens is 1620 g/mol. The number of benzene rings is 4. The number of carboxylic acid groups (broad SMARTS) is 2. The van der Waals surface area contributed by atoms with E-state index >= 15 is 0 Å². The summed E-state index contributed by atoms with van der Waals surface area (Å²) in [6.07, 6.45) is 2.38. The van der Waals surface area contributed by atoms with Crippen molar-refractivity contribution in [1.82, 2.24) is 79.5 Å². The quantitative estimate of drug-likeness (QED) is 0.0300. The number of alkyl carbamates (subject to hydrolysis) is 1. The molecule has 2 atom stereocenters. The highest BCUT2D eigenvalue weighted by atomic mass is 16.6. The van der Waals surface area contributed by atoms with E-state index in [1.807, 2.05) is 126 Å². The monoisotopic (exact) mass is 1730 g/mol. The third-order valence-electron chi connectivity index (χ3n) is 23.3. The fraction of sp³-hybridized carbons (Fsp3) is 0.432. The number of carbonyl (C=O) groups excluding carboxylic acids is 2. The van der Waals surface area contributed by atoms with Gasteiger partial charge in [-0.3, -0.25) is 43.3 Å². The molecule has 8 aliphatic heterocycles. The van der Waals surface area contributed by atoms with Gasteiger partial charge >= 0.3 is 29.7 Å². The van der Waals surface area contributed by atoms with Gasteiger partial charge in [-0.25, -0.2) is 49.1 Å². The lowest BCUT2D eigenvalue weighted by molar-refractivity contribution is -0.145. The first-order valence-electron chi connectivity index (χ1n) is 41.8. The minimum atomic E-state index is -0.947. The van der Waals surface area contributed by atoms with E-state index in [0.29, 0.717) is 148 Å². The summed E-state index contributed by atoms with van der Waals surface area (Å²) in [5.41, 5.74) is 12.6. The zero-order valence-electron chi connectivity index (χ0n) is 72.8. The molecule has 0 spiro atoms. The van der Waals surface area contributed by atoms with Gasteiger partial charge in [-0.1, -0.05) is 19.7 Å². The predicted molar refractivity (Wildman–Crippen MR) is 472 cm³/mol. The molecule has 3 saturated heterocycles. The number of ether oxygens (including phenoxy) is 2.